The second-order valence-corrected chi connectivity index (χ2v) is 3.88. The van der Waals surface area contributed by atoms with Crippen molar-refractivity contribution in [1.29, 1.82) is 0 Å². The molecule has 0 aliphatic heterocycles. The fraction of sp³-hybridized carbons (Fsp3) is 0.182. The fourth-order valence-electron chi connectivity index (χ4n) is 1.47. The second-order valence-electron chi connectivity index (χ2n) is 2.96. The third-order valence-corrected chi connectivity index (χ3v) is 3.10. The Morgan fingerprint density at radius 2 is 2.23 bits per heavy atom. The fourth-order valence-corrected chi connectivity index (χ4v) is 2.41. The van der Waals surface area contributed by atoms with Gasteiger partial charge in [0.25, 0.3) is 0 Å². The average molecular weight is 190 g/mol. The molecule has 0 saturated carbocycles. The predicted octanol–water partition coefficient (Wildman–Crippen LogP) is 3.03. The lowest BCUT2D eigenvalue weighted by atomic mass is 10.1. The topological polar surface area (TPSA) is 17.1 Å². The van der Waals surface area contributed by atoms with E-state index in [0.29, 0.717) is 6.42 Å². The second kappa shape index (κ2) is 3.71. The molecule has 1 aromatic carbocycles. The number of rotatable bonds is 3. The lowest BCUT2D eigenvalue weighted by Gasteiger charge is -1.98. The van der Waals surface area contributed by atoms with Crippen LogP contribution in [0.1, 0.15) is 12.0 Å². The molecule has 1 nitrogen and oxygen atoms in total. The zero-order chi connectivity index (χ0) is 9.10. The van der Waals surface area contributed by atoms with E-state index in [2.05, 4.69) is 29.6 Å². The molecule has 0 aliphatic rings. The number of benzene rings is 1. The van der Waals surface area contributed by atoms with Crippen LogP contribution in [0.5, 0.6) is 0 Å². The molecule has 66 valence electrons. The van der Waals surface area contributed by atoms with Gasteiger partial charge in [0.15, 0.2) is 0 Å². The zero-order valence-electron chi connectivity index (χ0n) is 7.19. The van der Waals surface area contributed by atoms with Crippen molar-refractivity contribution in [2.24, 2.45) is 0 Å². The Labute approximate surface area is 81.0 Å². The van der Waals surface area contributed by atoms with E-state index in [9.17, 15) is 4.79 Å². The van der Waals surface area contributed by atoms with Gasteiger partial charge in [-0.2, -0.15) is 0 Å². The van der Waals surface area contributed by atoms with Crippen LogP contribution in [0.4, 0.5) is 0 Å². The summed E-state index contributed by atoms with van der Waals surface area (Å²) in [6.45, 7) is 0. The first-order valence-corrected chi connectivity index (χ1v) is 5.18. The highest BCUT2D eigenvalue weighted by Crippen LogP contribution is 2.25. The Bertz CT molecular complexity index is 417. The molecular weight excluding hydrogens is 180 g/mol. The number of hydrogen-bond donors (Lipinski definition) is 0. The first-order chi connectivity index (χ1) is 6.42. The molecule has 2 aromatic rings. The third kappa shape index (κ3) is 1.63. The number of carbonyl (C=O) groups is 1. The van der Waals surface area contributed by atoms with Gasteiger partial charge in [-0.1, -0.05) is 18.2 Å². The van der Waals surface area contributed by atoms with Crippen LogP contribution < -0.4 is 0 Å². The quantitative estimate of drug-likeness (QED) is 0.680. The largest absolute Gasteiger partial charge is 0.303 e. The summed E-state index contributed by atoms with van der Waals surface area (Å²) in [6, 6.07) is 8.37. The summed E-state index contributed by atoms with van der Waals surface area (Å²) in [6.07, 6.45) is 2.46. The third-order valence-electron chi connectivity index (χ3n) is 2.09. The number of aldehydes is 1. The minimum atomic E-state index is 0.622. The number of hydrogen-bond acceptors (Lipinski definition) is 2. The van der Waals surface area contributed by atoms with E-state index in [1.807, 2.05) is 0 Å². The normalized spacial score (nSPS) is 10.5. The lowest BCUT2D eigenvalue weighted by Crippen LogP contribution is -1.85. The average Bonchev–Trinajstić information content (AvgIpc) is 2.62. The smallest absolute Gasteiger partial charge is 0.120 e. The summed E-state index contributed by atoms with van der Waals surface area (Å²) in [5, 5.41) is 3.38. The summed E-state index contributed by atoms with van der Waals surface area (Å²) in [5.74, 6) is 0. The van der Waals surface area contributed by atoms with E-state index in [0.717, 1.165) is 12.7 Å². The van der Waals surface area contributed by atoms with Gasteiger partial charge in [0.2, 0.25) is 0 Å². The molecule has 0 aliphatic carbocycles. The van der Waals surface area contributed by atoms with Crippen molar-refractivity contribution in [2.45, 2.75) is 12.8 Å². The van der Waals surface area contributed by atoms with E-state index in [1.165, 1.54) is 15.6 Å². The molecule has 0 radical (unpaired) electrons. The van der Waals surface area contributed by atoms with Crippen molar-refractivity contribution in [2.75, 3.05) is 0 Å². The first-order valence-electron chi connectivity index (χ1n) is 4.30. The molecule has 0 amide bonds. The standard InChI is InChI=1S/C11H10OS/c12-7-2-5-9-3-1-4-10-6-8-13-11(9)10/h1,3-4,6-8H,2,5H2. The molecule has 0 spiro atoms. The monoisotopic (exact) mass is 190 g/mol. The van der Waals surface area contributed by atoms with Crippen molar-refractivity contribution >= 4 is 27.7 Å². The molecule has 0 atom stereocenters. The van der Waals surface area contributed by atoms with Crippen LogP contribution in [-0.2, 0) is 11.2 Å². The maximum Gasteiger partial charge on any atom is 0.120 e. The Kier molecular flexibility index (Phi) is 2.41. The molecule has 13 heavy (non-hydrogen) atoms. The number of fused-ring (bicyclic) bond motifs is 1. The lowest BCUT2D eigenvalue weighted by molar-refractivity contribution is -0.107. The molecule has 0 saturated heterocycles. The number of aryl methyl sites for hydroxylation is 1. The van der Waals surface area contributed by atoms with E-state index in [-0.39, 0.29) is 0 Å². The van der Waals surface area contributed by atoms with Crippen LogP contribution in [-0.4, -0.2) is 6.29 Å². The van der Waals surface area contributed by atoms with Crippen molar-refractivity contribution in [3.8, 4) is 0 Å². The van der Waals surface area contributed by atoms with Crippen molar-refractivity contribution < 1.29 is 4.79 Å². The molecule has 0 N–H and O–H groups in total. The Morgan fingerprint density at radius 3 is 3.08 bits per heavy atom. The van der Waals surface area contributed by atoms with Crippen molar-refractivity contribution in [1.82, 2.24) is 0 Å². The predicted molar refractivity (Wildman–Crippen MR) is 56.2 cm³/mol. The molecule has 1 aromatic heterocycles. The summed E-state index contributed by atoms with van der Waals surface area (Å²) in [7, 11) is 0. The first kappa shape index (κ1) is 8.45. The highest BCUT2D eigenvalue weighted by Gasteiger charge is 2.00. The summed E-state index contributed by atoms with van der Waals surface area (Å²) < 4.78 is 1.32. The maximum absolute atomic E-state index is 10.3. The van der Waals surface area contributed by atoms with Crippen molar-refractivity contribution in [3.63, 3.8) is 0 Å². The summed E-state index contributed by atoms with van der Waals surface area (Å²) in [4.78, 5) is 10.3. The van der Waals surface area contributed by atoms with Gasteiger partial charge in [-0.25, -0.2) is 0 Å². The van der Waals surface area contributed by atoms with Crippen LogP contribution in [0.2, 0.25) is 0 Å². The number of carbonyl (C=O) groups excluding carboxylic acids is 1. The zero-order valence-corrected chi connectivity index (χ0v) is 8.01. The van der Waals surface area contributed by atoms with Crippen LogP contribution in [0.15, 0.2) is 29.6 Å². The van der Waals surface area contributed by atoms with Crippen LogP contribution >= 0.6 is 11.3 Å². The van der Waals surface area contributed by atoms with Crippen LogP contribution in [0, 0.1) is 0 Å². The van der Waals surface area contributed by atoms with E-state index in [4.69, 9.17) is 0 Å². The van der Waals surface area contributed by atoms with Crippen LogP contribution in [0.25, 0.3) is 10.1 Å². The Hall–Kier alpha value is -1.15. The SMILES string of the molecule is O=CCCc1cccc2ccsc12. The molecule has 2 heteroatoms. The van der Waals surface area contributed by atoms with Gasteiger partial charge in [-0.05, 0) is 28.8 Å². The summed E-state index contributed by atoms with van der Waals surface area (Å²) >= 11 is 1.75. The van der Waals surface area contributed by atoms with Gasteiger partial charge in [0.05, 0.1) is 0 Å². The molecule has 2 rings (SSSR count). The van der Waals surface area contributed by atoms with Gasteiger partial charge in [0, 0.05) is 11.1 Å². The van der Waals surface area contributed by atoms with Gasteiger partial charge >= 0.3 is 0 Å². The summed E-state index contributed by atoms with van der Waals surface area (Å²) in [5.41, 5.74) is 1.29. The minimum absolute atomic E-state index is 0.622. The minimum Gasteiger partial charge on any atom is -0.303 e. The molecule has 0 unspecified atom stereocenters. The highest BCUT2D eigenvalue weighted by molar-refractivity contribution is 7.17. The van der Waals surface area contributed by atoms with E-state index >= 15 is 0 Å². The molecule has 0 bridgehead atoms. The maximum atomic E-state index is 10.3. The van der Waals surface area contributed by atoms with Gasteiger partial charge in [-0.3, -0.25) is 0 Å². The highest BCUT2D eigenvalue weighted by atomic mass is 32.1. The number of thiophene rings is 1. The van der Waals surface area contributed by atoms with Gasteiger partial charge in [0.1, 0.15) is 6.29 Å². The van der Waals surface area contributed by atoms with Gasteiger partial charge in [-0.15, -0.1) is 11.3 Å². The Balaban J connectivity index is 2.42. The van der Waals surface area contributed by atoms with E-state index < -0.39 is 0 Å². The molecular formula is C11H10OS. The van der Waals surface area contributed by atoms with Crippen molar-refractivity contribution in [3.05, 3.63) is 35.2 Å². The molecule has 1 heterocycles. The Morgan fingerprint density at radius 1 is 1.31 bits per heavy atom. The van der Waals surface area contributed by atoms with Crippen LogP contribution in [0.3, 0.4) is 0 Å². The molecule has 0 fully saturated rings. The van der Waals surface area contributed by atoms with Gasteiger partial charge < -0.3 is 4.79 Å². The van der Waals surface area contributed by atoms with E-state index in [1.54, 1.807) is 11.3 Å².